The van der Waals surface area contributed by atoms with Crippen molar-refractivity contribution in [2.75, 3.05) is 13.1 Å². The Labute approximate surface area is 183 Å². The second-order valence-electron chi connectivity index (χ2n) is 9.34. The summed E-state index contributed by atoms with van der Waals surface area (Å²) >= 11 is 1.95. The van der Waals surface area contributed by atoms with Gasteiger partial charge in [0.2, 0.25) is 0 Å². The zero-order valence-electron chi connectivity index (χ0n) is 18.0. The zero-order valence-corrected chi connectivity index (χ0v) is 18.8. The molecule has 3 heterocycles. The predicted octanol–water partition coefficient (Wildman–Crippen LogP) is 4.75. The molecule has 1 unspecified atom stereocenters. The highest BCUT2D eigenvalue weighted by atomic mass is 32.1. The number of thiazole rings is 1. The number of allylic oxidation sites excluding steroid dienone is 1. The van der Waals surface area contributed by atoms with E-state index in [9.17, 15) is 4.79 Å². The van der Waals surface area contributed by atoms with Gasteiger partial charge in [-0.25, -0.2) is 4.98 Å². The van der Waals surface area contributed by atoms with Crippen LogP contribution in [-0.2, 0) is 19.9 Å². The molecule has 2 fully saturated rings. The Kier molecular flexibility index (Phi) is 5.52. The van der Waals surface area contributed by atoms with E-state index >= 15 is 0 Å². The van der Waals surface area contributed by atoms with Gasteiger partial charge in [-0.05, 0) is 69.3 Å². The Bertz CT molecular complexity index is 907. The van der Waals surface area contributed by atoms with Crippen LogP contribution < -0.4 is 0 Å². The number of carbonyl (C=O) groups excluding carboxylic acids is 1. The van der Waals surface area contributed by atoms with Gasteiger partial charge >= 0.3 is 0 Å². The van der Waals surface area contributed by atoms with Crippen molar-refractivity contribution in [1.82, 2.24) is 19.7 Å². The van der Waals surface area contributed by atoms with Gasteiger partial charge in [-0.2, -0.15) is 5.10 Å². The Morgan fingerprint density at radius 2 is 1.83 bits per heavy atom. The van der Waals surface area contributed by atoms with E-state index in [1.807, 2.05) is 29.5 Å². The third kappa shape index (κ3) is 3.86. The van der Waals surface area contributed by atoms with Crippen LogP contribution >= 0.6 is 11.3 Å². The van der Waals surface area contributed by atoms with Crippen molar-refractivity contribution >= 4 is 17.2 Å². The van der Waals surface area contributed by atoms with Crippen LogP contribution in [0.5, 0.6) is 0 Å². The van der Waals surface area contributed by atoms with Gasteiger partial charge in [0.1, 0.15) is 5.69 Å². The SMILES string of the molecule is C=C(C1CCC1)C1CCc2nc(C3CCN(C(=O)c4ccn(C)n4)CC3)sc2CC1. The topological polar surface area (TPSA) is 51.0 Å². The number of rotatable bonds is 4. The van der Waals surface area contributed by atoms with Crippen LogP contribution in [0.3, 0.4) is 0 Å². The molecule has 0 radical (unpaired) electrons. The monoisotopic (exact) mass is 424 g/mol. The summed E-state index contributed by atoms with van der Waals surface area (Å²) in [6.07, 6.45) is 12.7. The van der Waals surface area contributed by atoms with Gasteiger partial charge in [0.15, 0.2) is 0 Å². The van der Waals surface area contributed by atoms with E-state index in [0.717, 1.165) is 38.3 Å². The fourth-order valence-corrected chi connectivity index (χ4v) is 6.53. The van der Waals surface area contributed by atoms with Crippen molar-refractivity contribution in [3.63, 3.8) is 0 Å². The third-order valence-electron chi connectivity index (χ3n) is 7.46. The van der Waals surface area contributed by atoms with E-state index in [2.05, 4.69) is 11.7 Å². The molecule has 1 aliphatic heterocycles. The van der Waals surface area contributed by atoms with Gasteiger partial charge in [0.25, 0.3) is 5.91 Å². The number of aryl methyl sites for hydroxylation is 3. The number of likely N-dealkylation sites (tertiary alicyclic amines) is 1. The fourth-order valence-electron chi connectivity index (χ4n) is 5.23. The second-order valence-corrected chi connectivity index (χ2v) is 10.5. The first-order valence-electron chi connectivity index (χ1n) is 11.5. The highest BCUT2D eigenvalue weighted by Crippen LogP contribution is 2.42. The summed E-state index contributed by atoms with van der Waals surface area (Å²) in [6.45, 7) is 6.07. The summed E-state index contributed by atoms with van der Waals surface area (Å²) in [6, 6.07) is 1.80. The minimum atomic E-state index is 0.0571. The zero-order chi connectivity index (χ0) is 20.7. The van der Waals surface area contributed by atoms with Crippen molar-refractivity contribution in [2.24, 2.45) is 18.9 Å². The Morgan fingerprint density at radius 3 is 2.50 bits per heavy atom. The summed E-state index contributed by atoms with van der Waals surface area (Å²) in [4.78, 5) is 21.2. The molecule has 160 valence electrons. The molecule has 1 amide bonds. The van der Waals surface area contributed by atoms with Gasteiger partial charge in [0.05, 0.1) is 10.7 Å². The molecule has 1 saturated heterocycles. The first-order valence-corrected chi connectivity index (χ1v) is 12.4. The standard InChI is InChI=1S/C24H32N4OS/c1-16(17-4-3-5-17)18-6-8-20-22(9-7-18)30-23(25-20)19-10-14-28(15-11-19)24(29)21-12-13-27(2)26-21/h12-13,17-19H,1,3-11,14-15H2,2H3. The molecule has 5 rings (SSSR count). The molecular formula is C24H32N4OS. The van der Waals surface area contributed by atoms with Crippen molar-refractivity contribution in [1.29, 1.82) is 0 Å². The molecule has 2 aromatic heterocycles. The Balaban J connectivity index is 1.18. The van der Waals surface area contributed by atoms with Crippen molar-refractivity contribution in [3.8, 4) is 0 Å². The maximum absolute atomic E-state index is 12.6. The van der Waals surface area contributed by atoms with Crippen LogP contribution in [0, 0.1) is 11.8 Å². The maximum atomic E-state index is 12.6. The molecule has 0 N–H and O–H groups in total. The highest BCUT2D eigenvalue weighted by Gasteiger charge is 2.31. The average Bonchev–Trinajstić information content (AvgIpc) is 3.27. The van der Waals surface area contributed by atoms with Gasteiger partial charge in [-0.1, -0.05) is 18.6 Å². The molecule has 2 aromatic rings. The largest absolute Gasteiger partial charge is 0.337 e. The van der Waals surface area contributed by atoms with E-state index in [1.54, 1.807) is 10.7 Å². The van der Waals surface area contributed by atoms with E-state index in [4.69, 9.17) is 4.98 Å². The minimum Gasteiger partial charge on any atom is -0.337 e. The number of piperidine rings is 1. The first-order chi connectivity index (χ1) is 14.6. The quantitative estimate of drug-likeness (QED) is 0.526. The van der Waals surface area contributed by atoms with Crippen molar-refractivity contribution in [3.05, 3.63) is 45.7 Å². The predicted molar refractivity (Wildman–Crippen MR) is 120 cm³/mol. The molecule has 3 aliphatic rings. The smallest absolute Gasteiger partial charge is 0.274 e. The lowest BCUT2D eigenvalue weighted by Crippen LogP contribution is -2.38. The summed E-state index contributed by atoms with van der Waals surface area (Å²) in [5.41, 5.74) is 3.43. The molecule has 0 bridgehead atoms. The summed E-state index contributed by atoms with van der Waals surface area (Å²) in [5, 5.41) is 5.57. The van der Waals surface area contributed by atoms with Gasteiger partial charge in [0, 0.05) is 37.1 Å². The number of aromatic nitrogens is 3. The van der Waals surface area contributed by atoms with Crippen LogP contribution in [0.15, 0.2) is 24.4 Å². The molecule has 30 heavy (non-hydrogen) atoms. The van der Waals surface area contributed by atoms with E-state index in [-0.39, 0.29) is 5.91 Å². The van der Waals surface area contributed by atoms with Crippen molar-refractivity contribution in [2.45, 2.75) is 63.7 Å². The lowest BCUT2D eigenvalue weighted by atomic mass is 9.74. The summed E-state index contributed by atoms with van der Waals surface area (Å²) < 4.78 is 1.69. The Hall–Kier alpha value is -1.95. The molecule has 1 atom stereocenters. The Morgan fingerprint density at radius 1 is 1.10 bits per heavy atom. The third-order valence-corrected chi connectivity index (χ3v) is 8.78. The lowest BCUT2D eigenvalue weighted by molar-refractivity contribution is 0.0706. The normalized spacial score (nSPS) is 23.0. The van der Waals surface area contributed by atoms with Crippen LogP contribution in [0.25, 0.3) is 0 Å². The molecule has 0 spiro atoms. The van der Waals surface area contributed by atoms with Gasteiger partial charge in [-0.15, -0.1) is 11.3 Å². The summed E-state index contributed by atoms with van der Waals surface area (Å²) in [5.74, 6) is 2.05. The second kappa shape index (κ2) is 8.29. The molecule has 6 heteroatoms. The molecule has 1 saturated carbocycles. The van der Waals surface area contributed by atoms with Gasteiger partial charge in [-0.3, -0.25) is 9.48 Å². The fraction of sp³-hybridized carbons (Fsp3) is 0.625. The van der Waals surface area contributed by atoms with Crippen LogP contribution in [-0.4, -0.2) is 38.7 Å². The first kappa shape index (κ1) is 20.0. The van der Waals surface area contributed by atoms with E-state index < -0.39 is 0 Å². The maximum Gasteiger partial charge on any atom is 0.274 e. The van der Waals surface area contributed by atoms with Gasteiger partial charge < -0.3 is 4.90 Å². The molecule has 0 aromatic carbocycles. The number of carbonyl (C=O) groups is 1. The van der Waals surface area contributed by atoms with Crippen LogP contribution in [0.4, 0.5) is 0 Å². The number of hydrogen-bond donors (Lipinski definition) is 0. The highest BCUT2D eigenvalue weighted by molar-refractivity contribution is 7.11. The van der Waals surface area contributed by atoms with Crippen LogP contribution in [0.1, 0.15) is 76.9 Å². The van der Waals surface area contributed by atoms with E-state index in [0.29, 0.717) is 17.5 Å². The van der Waals surface area contributed by atoms with E-state index in [1.165, 1.54) is 59.7 Å². The number of fused-ring (bicyclic) bond motifs is 1. The minimum absolute atomic E-state index is 0.0571. The number of amides is 1. The molecular weight excluding hydrogens is 392 g/mol. The summed E-state index contributed by atoms with van der Waals surface area (Å²) in [7, 11) is 1.85. The molecule has 5 nitrogen and oxygen atoms in total. The van der Waals surface area contributed by atoms with Crippen LogP contribution in [0.2, 0.25) is 0 Å². The number of hydrogen-bond acceptors (Lipinski definition) is 4. The lowest BCUT2D eigenvalue weighted by Gasteiger charge is -2.32. The number of nitrogens with zero attached hydrogens (tertiary/aromatic N) is 4. The average molecular weight is 425 g/mol. The van der Waals surface area contributed by atoms with Crippen molar-refractivity contribution < 1.29 is 4.79 Å². The molecule has 2 aliphatic carbocycles.